The number of nitrogens with two attached hydrogens (primary N) is 1. The molecule has 0 radical (unpaired) electrons. The van der Waals surface area contributed by atoms with Crippen molar-refractivity contribution in [2.45, 2.75) is 13.0 Å². The molecule has 3 rings (SSSR count). The van der Waals surface area contributed by atoms with Crippen LogP contribution in [0.5, 0.6) is 0 Å². The summed E-state index contributed by atoms with van der Waals surface area (Å²) < 4.78 is 19.1. The molecule has 0 unspecified atom stereocenters. The first kappa shape index (κ1) is 18.5. The number of carbonyl (C=O) groups is 3. The number of primary amides is 1. The van der Waals surface area contributed by atoms with Crippen LogP contribution < -0.4 is 11.1 Å². The van der Waals surface area contributed by atoms with Gasteiger partial charge in [-0.2, -0.15) is 0 Å². The Morgan fingerprint density at radius 3 is 2.48 bits per heavy atom. The molecule has 0 aliphatic carbocycles. The van der Waals surface area contributed by atoms with Crippen LogP contribution in [0.15, 0.2) is 48.5 Å². The van der Waals surface area contributed by atoms with E-state index in [0.717, 1.165) is 16.7 Å². The molecule has 27 heavy (non-hydrogen) atoms. The van der Waals surface area contributed by atoms with Crippen LogP contribution in [0, 0.1) is 5.82 Å². The normalized spacial score (nSPS) is 11.8. The first-order valence-electron chi connectivity index (χ1n) is 7.94. The maximum Gasteiger partial charge on any atom is 0.349 e. The second kappa shape index (κ2) is 7.55. The minimum atomic E-state index is -1.05. The number of rotatable bonds is 5. The summed E-state index contributed by atoms with van der Waals surface area (Å²) in [6.45, 7) is 1.44. The maximum absolute atomic E-state index is 13.3. The van der Waals surface area contributed by atoms with E-state index in [1.807, 2.05) is 0 Å². The van der Waals surface area contributed by atoms with Gasteiger partial charge in [0.15, 0.2) is 6.10 Å². The Kier molecular flexibility index (Phi) is 5.18. The number of anilines is 1. The van der Waals surface area contributed by atoms with Gasteiger partial charge in [0.2, 0.25) is 5.91 Å². The number of hydrogen-bond donors (Lipinski definition) is 2. The molecule has 2 amide bonds. The maximum atomic E-state index is 13.3. The highest BCUT2D eigenvalue weighted by molar-refractivity contribution is 7.20. The summed E-state index contributed by atoms with van der Waals surface area (Å²) in [6.07, 6.45) is -1.05. The molecule has 0 bridgehead atoms. The molecule has 3 aromatic rings. The van der Waals surface area contributed by atoms with Gasteiger partial charge in [0.05, 0.1) is 0 Å². The molecule has 8 heteroatoms. The van der Waals surface area contributed by atoms with E-state index in [-0.39, 0.29) is 10.7 Å². The van der Waals surface area contributed by atoms with Crippen LogP contribution in [-0.2, 0) is 9.53 Å². The van der Waals surface area contributed by atoms with Crippen LogP contribution in [0.25, 0.3) is 10.1 Å². The number of amides is 2. The third-order valence-electron chi connectivity index (χ3n) is 3.77. The third-order valence-corrected chi connectivity index (χ3v) is 4.85. The van der Waals surface area contributed by atoms with E-state index in [1.165, 1.54) is 43.3 Å². The third kappa shape index (κ3) is 4.29. The topological polar surface area (TPSA) is 98.5 Å². The molecule has 6 nitrogen and oxygen atoms in total. The Hall–Kier alpha value is -3.26. The quantitative estimate of drug-likeness (QED) is 0.657. The number of nitrogens with one attached hydrogen (secondary N) is 1. The molecule has 1 heterocycles. The van der Waals surface area contributed by atoms with Crippen LogP contribution >= 0.6 is 11.3 Å². The molecule has 0 spiro atoms. The van der Waals surface area contributed by atoms with Crippen molar-refractivity contribution < 1.29 is 23.5 Å². The Bertz CT molecular complexity index is 1030. The van der Waals surface area contributed by atoms with E-state index < -0.39 is 23.9 Å². The van der Waals surface area contributed by atoms with Gasteiger partial charge in [0, 0.05) is 16.0 Å². The van der Waals surface area contributed by atoms with Crippen LogP contribution in [0.2, 0.25) is 0 Å². The standard InChI is InChI=1S/C19H15FN2O4S/c1-10(18(24)22-14-6-3-11(4-7-14)17(21)23)26-19(25)16-8-12-2-5-13(20)9-15(12)27-16/h2-10H,1H3,(H2,21,23)(H,22,24)/t10-/m0/s1. The van der Waals surface area contributed by atoms with E-state index in [2.05, 4.69) is 5.32 Å². The number of carbonyl (C=O) groups excluding carboxylic acids is 3. The second-order valence-corrected chi connectivity index (χ2v) is 6.85. The molecular formula is C19H15FN2O4S. The van der Waals surface area contributed by atoms with Gasteiger partial charge in [0.1, 0.15) is 10.7 Å². The lowest BCUT2D eigenvalue weighted by Crippen LogP contribution is -2.29. The molecular weight excluding hydrogens is 371 g/mol. The van der Waals surface area contributed by atoms with Crippen molar-refractivity contribution in [1.82, 2.24) is 0 Å². The van der Waals surface area contributed by atoms with Gasteiger partial charge in [-0.25, -0.2) is 9.18 Å². The van der Waals surface area contributed by atoms with Crippen molar-refractivity contribution in [2.75, 3.05) is 5.32 Å². The van der Waals surface area contributed by atoms with Crippen LogP contribution in [0.4, 0.5) is 10.1 Å². The lowest BCUT2D eigenvalue weighted by Gasteiger charge is -2.13. The van der Waals surface area contributed by atoms with Crippen molar-refractivity contribution in [3.05, 3.63) is 64.8 Å². The van der Waals surface area contributed by atoms with E-state index in [1.54, 1.807) is 12.1 Å². The Labute approximate surface area is 157 Å². The molecule has 0 saturated carbocycles. The monoisotopic (exact) mass is 386 g/mol. The first-order chi connectivity index (χ1) is 12.8. The second-order valence-electron chi connectivity index (χ2n) is 5.77. The predicted octanol–water partition coefficient (Wildman–Crippen LogP) is 3.32. The van der Waals surface area contributed by atoms with Crippen molar-refractivity contribution in [2.24, 2.45) is 5.73 Å². The molecule has 0 aliphatic heterocycles. The smallest absolute Gasteiger partial charge is 0.349 e. The number of esters is 1. The minimum absolute atomic E-state index is 0.279. The fourth-order valence-corrected chi connectivity index (χ4v) is 3.31. The first-order valence-corrected chi connectivity index (χ1v) is 8.76. The van der Waals surface area contributed by atoms with Gasteiger partial charge in [-0.15, -0.1) is 11.3 Å². The van der Waals surface area contributed by atoms with E-state index >= 15 is 0 Å². The number of fused-ring (bicyclic) bond motifs is 1. The fourth-order valence-electron chi connectivity index (χ4n) is 2.34. The zero-order chi connectivity index (χ0) is 19.6. The summed E-state index contributed by atoms with van der Waals surface area (Å²) >= 11 is 1.09. The highest BCUT2D eigenvalue weighted by atomic mass is 32.1. The van der Waals surface area contributed by atoms with Crippen LogP contribution in [-0.4, -0.2) is 23.9 Å². The van der Waals surface area contributed by atoms with Crippen LogP contribution in [0.1, 0.15) is 27.0 Å². The van der Waals surface area contributed by atoms with Gasteiger partial charge in [0.25, 0.3) is 5.91 Å². The molecule has 0 saturated heterocycles. The van der Waals surface area contributed by atoms with E-state index in [0.29, 0.717) is 16.0 Å². The molecule has 2 aromatic carbocycles. The van der Waals surface area contributed by atoms with Gasteiger partial charge < -0.3 is 15.8 Å². The Morgan fingerprint density at radius 1 is 1.11 bits per heavy atom. The number of halogens is 1. The summed E-state index contributed by atoms with van der Waals surface area (Å²) in [4.78, 5) is 35.8. The summed E-state index contributed by atoms with van der Waals surface area (Å²) in [7, 11) is 0. The summed E-state index contributed by atoms with van der Waals surface area (Å²) in [5.41, 5.74) is 5.91. The molecule has 138 valence electrons. The average Bonchev–Trinajstić information content (AvgIpc) is 3.05. The number of benzene rings is 2. The Balaban J connectivity index is 1.64. The van der Waals surface area contributed by atoms with Gasteiger partial charge in [-0.1, -0.05) is 6.07 Å². The van der Waals surface area contributed by atoms with Gasteiger partial charge in [-0.3, -0.25) is 9.59 Å². The zero-order valence-electron chi connectivity index (χ0n) is 14.2. The molecule has 0 aliphatic rings. The van der Waals surface area contributed by atoms with Crippen molar-refractivity contribution >= 4 is 44.9 Å². The lowest BCUT2D eigenvalue weighted by molar-refractivity contribution is -0.123. The highest BCUT2D eigenvalue weighted by Gasteiger charge is 2.20. The summed E-state index contributed by atoms with van der Waals surface area (Å²) in [6, 6.07) is 11.8. The predicted molar refractivity (Wildman–Crippen MR) is 100 cm³/mol. The fraction of sp³-hybridized carbons (Fsp3) is 0.105. The summed E-state index contributed by atoms with van der Waals surface area (Å²) in [5.74, 6) is -2.15. The van der Waals surface area contributed by atoms with Gasteiger partial charge in [-0.05, 0) is 54.8 Å². The largest absolute Gasteiger partial charge is 0.448 e. The van der Waals surface area contributed by atoms with E-state index in [9.17, 15) is 18.8 Å². The van der Waals surface area contributed by atoms with Gasteiger partial charge >= 0.3 is 5.97 Å². The molecule has 3 N–H and O–H groups in total. The molecule has 1 atom stereocenters. The lowest BCUT2D eigenvalue weighted by atomic mass is 10.2. The van der Waals surface area contributed by atoms with Crippen molar-refractivity contribution in [1.29, 1.82) is 0 Å². The summed E-state index contributed by atoms with van der Waals surface area (Å²) in [5, 5.41) is 3.31. The number of ether oxygens (including phenoxy) is 1. The Morgan fingerprint density at radius 2 is 1.81 bits per heavy atom. The van der Waals surface area contributed by atoms with Crippen molar-refractivity contribution in [3.63, 3.8) is 0 Å². The average molecular weight is 386 g/mol. The molecule has 0 fully saturated rings. The minimum Gasteiger partial charge on any atom is -0.448 e. The SMILES string of the molecule is C[C@H](OC(=O)c1cc2ccc(F)cc2s1)C(=O)Nc1ccc(C(N)=O)cc1. The molecule has 1 aromatic heterocycles. The zero-order valence-corrected chi connectivity index (χ0v) is 15.0. The number of thiophene rings is 1. The highest BCUT2D eigenvalue weighted by Crippen LogP contribution is 2.27. The van der Waals surface area contributed by atoms with Crippen LogP contribution in [0.3, 0.4) is 0 Å². The van der Waals surface area contributed by atoms with E-state index in [4.69, 9.17) is 10.5 Å². The number of hydrogen-bond acceptors (Lipinski definition) is 5. The van der Waals surface area contributed by atoms with Crippen molar-refractivity contribution in [3.8, 4) is 0 Å².